The monoisotopic (exact) mass is 364 g/mol. The number of Topliss-reactive ketones (excluding diaryl/α,β-unsaturated/α-hetero) is 1. The fourth-order valence-corrected chi connectivity index (χ4v) is 3.04. The van der Waals surface area contributed by atoms with Gasteiger partial charge < -0.3 is 4.74 Å². The summed E-state index contributed by atoms with van der Waals surface area (Å²) in [6.45, 7) is -0.219. The lowest BCUT2D eigenvalue weighted by molar-refractivity contribution is -0.123. The third-order valence-electron chi connectivity index (χ3n) is 4.10. The molecule has 26 heavy (non-hydrogen) atoms. The van der Waals surface area contributed by atoms with Gasteiger partial charge in [0.25, 0.3) is 5.91 Å². The van der Waals surface area contributed by atoms with E-state index in [0.717, 1.165) is 16.3 Å². The van der Waals surface area contributed by atoms with E-state index < -0.39 is 5.91 Å². The van der Waals surface area contributed by atoms with Gasteiger partial charge in [0, 0.05) is 21.5 Å². The fraction of sp³-hybridized carbons (Fsp3) is 0.0500. The summed E-state index contributed by atoms with van der Waals surface area (Å²) in [6, 6.07) is 17.8. The van der Waals surface area contributed by atoms with Gasteiger partial charge in [-0.25, -0.2) is 5.43 Å². The number of nitrogens with zero attached hydrogens (tertiary/aromatic N) is 1. The Labute approximate surface area is 154 Å². The van der Waals surface area contributed by atoms with Crippen molar-refractivity contribution in [3.05, 3.63) is 76.8 Å². The van der Waals surface area contributed by atoms with E-state index in [1.54, 1.807) is 30.3 Å². The average Bonchev–Trinajstić information content (AvgIpc) is 2.93. The number of hydrogen-bond donors (Lipinski definition) is 1. The number of ketones is 1. The third-order valence-corrected chi connectivity index (χ3v) is 4.35. The van der Waals surface area contributed by atoms with Crippen LogP contribution >= 0.6 is 11.6 Å². The Morgan fingerprint density at radius 1 is 1.00 bits per heavy atom. The van der Waals surface area contributed by atoms with E-state index in [4.69, 9.17) is 16.3 Å². The van der Waals surface area contributed by atoms with Crippen LogP contribution in [0.15, 0.2) is 65.8 Å². The third kappa shape index (κ3) is 2.93. The molecule has 3 aromatic rings. The quantitative estimate of drug-likeness (QED) is 0.719. The molecule has 0 aromatic heterocycles. The molecule has 0 bridgehead atoms. The van der Waals surface area contributed by atoms with Gasteiger partial charge in [-0.2, -0.15) is 5.10 Å². The summed E-state index contributed by atoms with van der Waals surface area (Å²) < 4.78 is 5.36. The summed E-state index contributed by atoms with van der Waals surface area (Å²) in [5.41, 5.74) is 3.95. The van der Waals surface area contributed by atoms with Gasteiger partial charge in [-0.15, -0.1) is 0 Å². The second kappa shape index (κ2) is 6.61. The maximum absolute atomic E-state index is 12.6. The number of carbonyl (C=O) groups excluding carboxylic acids is 2. The Hall–Kier alpha value is -3.18. The number of amides is 1. The number of carbonyl (C=O) groups is 2. The first-order valence-electron chi connectivity index (χ1n) is 7.95. The number of benzene rings is 3. The van der Waals surface area contributed by atoms with Crippen LogP contribution in [0.5, 0.6) is 5.75 Å². The average molecular weight is 365 g/mol. The second-order valence-electron chi connectivity index (χ2n) is 5.78. The predicted octanol–water partition coefficient (Wildman–Crippen LogP) is 3.59. The lowest BCUT2D eigenvalue weighted by Gasteiger charge is -2.05. The highest BCUT2D eigenvalue weighted by atomic mass is 35.5. The van der Waals surface area contributed by atoms with Crippen molar-refractivity contribution >= 4 is 39.8 Å². The van der Waals surface area contributed by atoms with Crippen LogP contribution < -0.4 is 10.2 Å². The van der Waals surface area contributed by atoms with Gasteiger partial charge in [0.15, 0.2) is 6.61 Å². The van der Waals surface area contributed by atoms with Gasteiger partial charge in [-0.1, -0.05) is 48.0 Å². The molecule has 1 aliphatic carbocycles. The van der Waals surface area contributed by atoms with Crippen LogP contribution in [0.25, 0.3) is 10.8 Å². The highest BCUT2D eigenvalue weighted by Crippen LogP contribution is 2.30. The standard InChI is InChI=1S/C20H13ClN2O3/c21-13-7-9-14(10-8-13)26-11-17(24)22-23-19-15-5-1-3-12-4-2-6-16(18(12)15)20(19)25/h1-10H,11H2,(H,22,24). The minimum atomic E-state index is -0.455. The Bertz CT molecular complexity index is 1050. The number of hydrogen-bond acceptors (Lipinski definition) is 4. The molecule has 4 rings (SSSR count). The Kier molecular flexibility index (Phi) is 4.14. The van der Waals surface area contributed by atoms with Crippen molar-refractivity contribution in [3.63, 3.8) is 0 Å². The van der Waals surface area contributed by atoms with Gasteiger partial charge in [-0.3, -0.25) is 9.59 Å². The van der Waals surface area contributed by atoms with E-state index in [-0.39, 0.29) is 18.1 Å². The lowest BCUT2D eigenvalue weighted by atomic mass is 10.1. The van der Waals surface area contributed by atoms with Crippen LogP contribution in [-0.2, 0) is 4.79 Å². The zero-order valence-electron chi connectivity index (χ0n) is 13.5. The van der Waals surface area contributed by atoms with Crippen molar-refractivity contribution < 1.29 is 14.3 Å². The molecule has 1 amide bonds. The maximum atomic E-state index is 12.6. The number of hydrazone groups is 1. The molecule has 1 N–H and O–H groups in total. The van der Waals surface area contributed by atoms with Crippen molar-refractivity contribution in [1.29, 1.82) is 0 Å². The van der Waals surface area contributed by atoms with Crippen LogP contribution in [0.3, 0.4) is 0 Å². The van der Waals surface area contributed by atoms with Crippen LogP contribution in [-0.4, -0.2) is 24.0 Å². The molecule has 0 spiro atoms. The van der Waals surface area contributed by atoms with Crippen LogP contribution in [0.4, 0.5) is 0 Å². The molecule has 0 unspecified atom stereocenters. The molecule has 0 heterocycles. The first kappa shape index (κ1) is 16.3. The summed E-state index contributed by atoms with van der Waals surface area (Å²) >= 11 is 5.80. The van der Waals surface area contributed by atoms with Crippen molar-refractivity contribution in [2.75, 3.05) is 6.61 Å². The normalized spacial score (nSPS) is 14.0. The summed E-state index contributed by atoms with van der Waals surface area (Å²) in [7, 11) is 0. The summed E-state index contributed by atoms with van der Waals surface area (Å²) in [5.74, 6) is -0.134. The number of ether oxygens (including phenoxy) is 1. The smallest absolute Gasteiger partial charge is 0.277 e. The summed E-state index contributed by atoms with van der Waals surface area (Å²) in [4.78, 5) is 24.6. The van der Waals surface area contributed by atoms with E-state index in [0.29, 0.717) is 16.3 Å². The Morgan fingerprint density at radius 3 is 2.42 bits per heavy atom. The van der Waals surface area contributed by atoms with E-state index >= 15 is 0 Å². The molecular weight excluding hydrogens is 352 g/mol. The number of rotatable bonds is 4. The minimum Gasteiger partial charge on any atom is -0.484 e. The molecule has 0 saturated carbocycles. The van der Waals surface area contributed by atoms with Gasteiger partial charge in [0.05, 0.1) is 0 Å². The number of halogens is 1. The molecule has 0 aliphatic heterocycles. The van der Waals surface area contributed by atoms with E-state index in [9.17, 15) is 9.59 Å². The zero-order chi connectivity index (χ0) is 18.1. The SMILES string of the molecule is O=C(COc1ccc(Cl)cc1)NN=C1C(=O)c2cccc3cccc1c23. The van der Waals surface area contributed by atoms with Gasteiger partial charge in [0.2, 0.25) is 5.78 Å². The first-order chi connectivity index (χ1) is 12.6. The van der Waals surface area contributed by atoms with Gasteiger partial charge >= 0.3 is 0 Å². The largest absolute Gasteiger partial charge is 0.484 e. The first-order valence-corrected chi connectivity index (χ1v) is 8.33. The maximum Gasteiger partial charge on any atom is 0.277 e. The Balaban J connectivity index is 1.49. The molecule has 5 nitrogen and oxygen atoms in total. The molecular formula is C20H13ClN2O3. The fourth-order valence-electron chi connectivity index (χ4n) is 2.92. The van der Waals surface area contributed by atoms with Crippen molar-refractivity contribution in [2.45, 2.75) is 0 Å². The molecule has 6 heteroatoms. The van der Waals surface area contributed by atoms with Gasteiger partial charge in [-0.05, 0) is 29.7 Å². The van der Waals surface area contributed by atoms with Crippen molar-refractivity contribution in [1.82, 2.24) is 5.43 Å². The van der Waals surface area contributed by atoms with Crippen molar-refractivity contribution in [2.24, 2.45) is 5.10 Å². The van der Waals surface area contributed by atoms with Crippen LogP contribution in [0, 0.1) is 0 Å². The molecule has 0 saturated heterocycles. The lowest BCUT2D eigenvalue weighted by Crippen LogP contribution is -2.27. The van der Waals surface area contributed by atoms with E-state index in [2.05, 4.69) is 10.5 Å². The topological polar surface area (TPSA) is 67.8 Å². The highest BCUT2D eigenvalue weighted by molar-refractivity contribution is 6.59. The molecule has 1 aliphatic rings. The summed E-state index contributed by atoms with van der Waals surface area (Å²) in [6.07, 6.45) is 0. The van der Waals surface area contributed by atoms with Gasteiger partial charge in [0.1, 0.15) is 11.5 Å². The van der Waals surface area contributed by atoms with Crippen molar-refractivity contribution in [3.8, 4) is 5.75 Å². The Morgan fingerprint density at radius 2 is 1.69 bits per heavy atom. The predicted molar refractivity (Wildman–Crippen MR) is 99.9 cm³/mol. The minimum absolute atomic E-state index is 0.198. The molecule has 0 atom stereocenters. The van der Waals surface area contributed by atoms with Crippen LogP contribution in [0.1, 0.15) is 15.9 Å². The molecule has 0 fully saturated rings. The summed E-state index contributed by atoms with van der Waals surface area (Å²) in [5, 5.41) is 6.46. The highest BCUT2D eigenvalue weighted by Gasteiger charge is 2.28. The molecule has 3 aromatic carbocycles. The molecule has 128 valence electrons. The van der Waals surface area contributed by atoms with E-state index in [1.807, 2.05) is 30.3 Å². The second-order valence-corrected chi connectivity index (χ2v) is 6.21. The molecule has 0 radical (unpaired) electrons. The number of nitrogens with one attached hydrogen (secondary N) is 1. The van der Waals surface area contributed by atoms with E-state index in [1.165, 1.54) is 0 Å². The zero-order valence-corrected chi connectivity index (χ0v) is 14.3. The van der Waals surface area contributed by atoms with Crippen LogP contribution in [0.2, 0.25) is 5.02 Å².